The molecule has 2 aliphatic rings. The third kappa shape index (κ3) is 6.45. The predicted molar refractivity (Wildman–Crippen MR) is 117 cm³/mol. The van der Waals surface area contributed by atoms with Crippen LogP contribution >= 0.6 is 0 Å². The lowest BCUT2D eigenvalue weighted by atomic mass is 9.87. The standard InChI is InChI=1S/C24H38N2O3/c1-3-12-25(13-5-6-14-26-15-17-28-16-11-24(26)27)22-9-7-21-19-23(29-4-2)10-8-20(21)18-22/h8,10,19,22H,3-7,9,11-18H2,1-2H3. The SMILES string of the molecule is CCCN(CCCCN1CCOCCC1=O)C1CCc2cc(OCC)ccc2C1. The number of aryl methyl sites for hydroxylation is 1. The largest absolute Gasteiger partial charge is 0.494 e. The molecule has 0 saturated carbocycles. The molecule has 1 atom stereocenters. The van der Waals surface area contributed by atoms with Gasteiger partial charge in [-0.15, -0.1) is 0 Å². The minimum Gasteiger partial charge on any atom is -0.494 e. The fraction of sp³-hybridized carbons (Fsp3) is 0.708. The van der Waals surface area contributed by atoms with E-state index >= 15 is 0 Å². The van der Waals surface area contributed by atoms with Gasteiger partial charge in [-0.1, -0.05) is 13.0 Å². The maximum atomic E-state index is 12.1. The quantitative estimate of drug-likeness (QED) is 0.560. The molecule has 5 nitrogen and oxygen atoms in total. The Hall–Kier alpha value is -1.59. The summed E-state index contributed by atoms with van der Waals surface area (Å²) >= 11 is 0. The van der Waals surface area contributed by atoms with Crippen LogP contribution in [0.25, 0.3) is 0 Å². The average Bonchev–Trinajstić information content (AvgIpc) is 2.94. The lowest BCUT2D eigenvalue weighted by molar-refractivity contribution is -0.130. The first-order valence-corrected chi connectivity index (χ1v) is 11.6. The third-order valence-corrected chi connectivity index (χ3v) is 6.16. The summed E-state index contributed by atoms with van der Waals surface area (Å²) in [5.74, 6) is 1.26. The molecule has 1 aromatic rings. The molecule has 5 heteroatoms. The van der Waals surface area contributed by atoms with Gasteiger partial charge in [0.05, 0.1) is 26.2 Å². The number of carbonyl (C=O) groups is 1. The van der Waals surface area contributed by atoms with E-state index in [1.807, 2.05) is 11.8 Å². The number of fused-ring (bicyclic) bond motifs is 1. The van der Waals surface area contributed by atoms with Crippen LogP contribution in [0.4, 0.5) is 0 Å². The van der Waals surface area contributed by atoms with Gasteiger partial charge in [-0.2, -0.15) is 0 Å². The van der Waals surface area contributed by atoms with Crippen LogP contribution in [0.2, 0.25) is 0 Å². The number of carbonyl (C=O) groups excluding carboxylic acids is 1. The third-order valence-electron chi connectivity index (χ3n) is 6.16. The highest BCUT2D eigenvalue weighted by Crippen LogP contribution is 2.28. The lowest BCUT2D eigenvalue weighted by Crippen LogP contribution is -2.40. The van der Waals surface area contributed by atoms with Crippen LogP contribution in [0.15, 0.2) is 18.2 Å². The van der Waals surface area contributed by atoms with Crippen molar-refractivity contribution < 1.29 is 14.3 Å². The van der Waals surface area contributed by atoms with Crippen molar-refractivity contribution in [1.82, 2.24) is 9.80 Å². The monoisotopic (exact) mass is 402 g/mol. The molecule has 1 aromatic carbocycles. The summed E-state index contributed by atoms with van der Waals surface area (Å²) < 4.78 is 11.1. The summed E-state index contributed by atoms with van der Waals surface area (Å²) in [5.41, 5.74) is 2.95. The lowest BCUT2D eigenvalue weighted by Gasteiger charge is -2.35. The minimum atomic E-state index is 0.253. The van der Waals surface area contributed by atoms with Gasteiger partial charge in [0.2, 0.25) is 5.91 Å². The van der Waals surface area contributed by atoms with Gasteiger partial charge in [-0.3, -0.25) is 4.79 Å². The number of hydrogen-bond donors (Lipinski definition) is 0. The van der Waals surface area contributed by atoms with Crippen molar-refractivity contribution in [3.8, 4) is 5.75 Å². The second-order valence-electron chi connectivity index (χ2n) is 8.25. The number of ether oxygens (including phenoxy) is 2. The Bertz CT molecular complexity index is 649. The van der Waals surface area contributed by atoms with Crippen molar-refractivity contribution in [1.29, 1.82) is 0 Å². The van der Waals surface area contributed by atoms with E-state index in [0.29, 0.717) is 25.7 Å². The fourth-order valence-electron chi connectivity index (χ4n) is 4.62. The number of benzene rings is 1. The van der Waals surface area contributed by atoms with E-state index in [9.17, 15) is 4.79 Å². The van der Waals surface area contributed by atoms with E-state index in [4.69, 9.17) is 9.47 Å². The molecular formula is C24H38N2O3. The summed E-state index contributed by atoms with van der Waals surface area (Å²) in [4.78, 5) is 16.8. The summed E-state index contributed by atoms with van der Waals surface area (Å²) in [6.07, 6.45) is 7.46. The Morgan fingerprint density at radius 1 is 1.14 bits per heavy atom. The molecule has 0 spiro atoms. The van der Waals surface area contributed by atoms with Crippen LogP contribution in [0.5, 0.6) is 5.75 Å². The second kappa shape index (κ2) is 11.6. The topological polar surface area (TPSA) is 42.0 Å². The molecule has 0 bridgehead atoms. The van der Waals surface area contributed by atoms with Gasteiger partial charge in [0.25, 0.3) is 0 Å². The van der Waals surface area contributed by atoms with Crippen molar-refractivity contribution in [2.24, 2.45) is 0 Å². The molecule has 0 aromatic heterocycles. The zero-order chi connectivity index (χ0) is 20.5. The van der Waals surface area contributed by atoms with Gasteiger partial charge in [0.1, 0.15) is 5.75 Å². The highest BCUT2D eigenvalue weighted by molar-refractivity contribution is 5.76. The molecule has 1 unspecified atom stereocenters. The van der Waals surface area contributed by atoms with Gasteiger partial charge in [-0.25, -0.2) is 0 Å². The molecule has 1 amide bonds. The molecule has 3 rings (SSSR count). The zero-order valence-electron chi connectivity index (χ0n) is 18.3. The predicted octanol–water partition coefficient (Wildman–Crippen LogP) is 3.68. The first kappa shape index (κ1) is 22.1. The fourth-order valence-corrected chi connectivity index (χ4v) is 4.62. The Labute approximate surface area is 176 Å². The smallest absolute Gasteiger partial charge is 0.224 e. The molecular weight excluding hydrogens is 364 g/mol. The number of amides is 1. The zero-order valence-corrected chi connectivity index (χ0v) is 18.3. The van der Waals surface area contributed by atoms with E-state index in [0.717, 1.165) is 64.2 Å². The van der Waals surface area contributed by atoms with Gasteiger partial charge < -0.3 is 19.3 Å². The Morgan fingerprint density at radius 3 is 2.86 bits per heavy atom. The van der Waals surface area contributed by atoms with Crippen molar-refractivity contribution in [2.75, 3.05) is 46.0 Å². The van der Waals surface area contributed by atoms with Crippen LogP contribution in [0, 0.1) is 0 Å². The normalized spacial score (nSPS) is 19.9. The van der Waals surface area contributed by atoms with Crippen LogP contribution in [-0.2, 0) is 22.4 Å². The molecule has 0 N–H and O–H groups in total. The van der Waals surface area contributed by atoms with Gasteiger partial charge in [0.15, 0.2) is 0 Å². The highest BCUT2D eigenvalue weighted by atomic mass is 16.5. The number of hydrogen-bond acceptors (Lipinski definition) is 4. The summed E-state index contributed by atoms with van der Waals surface area (Å²) in [6.45, 7) is 10.2. The minimum absolute atomic E-state index is 0.253. The van der Waals surface area contributed by atoms with E-state index in [1.54, 1.807) is 0 Å². The summed E-state index contributed by atoms with van der Waals surface area (Å²) in [6, 6.07) is 7.26. The van der Waals surface area contributed by atoms with Crippen molar-refractivity contribution in [3.63, 3.8) is 0 Å². The molecule has 1 aliphatic heterocycles. The Morgan fingerprint density at radius 2 is 2.03 bits per heavy atom. The van der Waals surface area contributed by atoms with Crippen LogP contribution in [-0.4, -0.2) is 67.7 Å². The second-order valence-corrected chi connectivity index (χ2v) is 8.25. The Kier molecular flexibility index (Phi) is 8.81. The molecule has 1 saturated heterocycles. The number of rotatable bonds is 10. The van der Waals surface area contributed by atoms with Crippen LogP contribution in [0.1, 0.15) is 57.1 Å². The molecule has 1 heterocycles. The van der Waals surface area contributed by atoms with Crippen molar-refractivity contribution in [3.05, 3.63) is 29.3 Å². The molecule has 162 valence electrons. The molecule has 1 fully saturated rings. The maximum Gasteiger partial charge on any atom is 0.224 e. The van der Waals surface area contributed by atoms with Gasteiger partial charge >= 0.3 is 0 Å². The van der Waals surface area contributed by atoms with E-state index in [-0.39, 0.29) is 5.91 Å². The maximum absolute atomic E-state index is 12.1. The first-order chi connectivity index (χ1) is 14.2. The average molecular weight is 403 g/mol. The van der Waals surface area contributed by atoms with E-state index in [2.05, 4.69) is 30.0 Å². The summed E-state index contributed by atoms with van der Waals surface area (Å²) in [5, 5.41) is 0. The van der Waals surface area contributed by atoms with E-state index in [1.165, 1.54) is 24.0 Å². The van der Waals surface area contributed by atoms with Crippen molar-refractivity contribution >= 4 is 5.91 Å². The van der Waals surface area contributed by atoms with Gasteiger partial charge in [0, 0.05) is 19.1 Å². The van der Waals surface area contributed by atoms with Crippen LogP contribution < -0.4 is 4.74 Å². The van der Waals surface area contributed by atoms with Crippen LogP contribution in [0.3, 0.4) is 0 Å². The number of unbranched alkanes of at least 4 members (excludes halogenated alkanes) is 1. The summed E-state index contributed by atoms with van der Waals surface area (Å²) in [7, 11) is 0. The first-order valence-electron chi connectivity index (χ1n) is 11.6. The molecule has 0 radical (unpaired) electrons. The van der Waals surface area contributed by atoms with Gasteiger partial charge in [-0.05, 0) is 81.8 Å². The van der Waals surface area contributed by atoms with E-state index < -0.39 is 0 Å². The molecule has 1 aliphatic carbocycles. The number of nitrogens with zero attached hydrogens (tertiary/aromatic N) is 2. The van der Waals surface area contributed by atoms with Crippen molar-refractivity contribution in [2.45, 2.75) is 64.8 Å². The Balaban J connectivity index is 1.48. The highest BCUT2D eigenvalue weighted by Gasteiger charge is 2.24. The molecule has 29 heavy (non-hydrogen) atoms.